The molecule has 1 rings (SSSR count). The van der Waals surface area contributed by atoms with Crippen LogP contribution in [0, 0.1) is 5.41 Å². The number of benzene rings is 1. The topological polar surface area (TPSA) is 55.6 Å². The minimum Gasteiger partial charge on any atom is -0.490 e. The van der Waals surface area contributed by atoms with Crippen LogP contribution in [0.3, 0.4) is 0 Å². The highest BCUT2D eigenvalue weighted by atomic mass is 16.5. The molecule has 0 spiro atoms. The van der Waals surface area contributed by atoms with Crippen molar-refractivity contribution in [2.45, 2.75) is 33.4 Å². The second-order valence-electron chi connectivity index (χ2n) is 6.28. The summed E-state index contributed by atoms with van der Waals surface area (Å²) in [6.45, 7) is 10.5. The van der Waals surface area contributed by atoms with Gasteiger partial charge in [0.25, 0.3) is 0 Å². The number of nitrogens with two attached hydrogens (primary N) is 1. The Labute approximate surface area is 127 Å². The minimum atomic E-state index is -0.502. The third-order valence-corrected chi connectivity index (χ3v) is 3.29. The van der Waals surface area contributed by atoms with Crippen LogP contribution in [0.25, 0.3) is 0 Å². The summed E-state index contributed by atoms with van der Waals surface area (Å²) in [4.78, 5) is 13.9. The molecule has 0 saturated carbocycles. The SMILES string of the molecule is C=CCOc1ccc(CN(C)C(=O)[C@H](N)C(C)(C)C)cc1. The molecular formula is C17H26N2O2. The van der Waals surface area contributed by atoms with E-state index in [1.54, 1.807) is 18.0 Å². The summed E-state index contributed by atoms with van der Waals surface area (Å²) in [6.07, 6.45) is 1.70. The summed E-state index contributed by atoms with van der Waals surface area (Å²) in [5.41, 5.74) is 6.80. The highest BCUT2D eigenvalue weighted by Gasteiger charge is 2.29. The van der Waals surface area contributed by atoms with Crippen LogP contribution in [0.4, 0.5) is 0 Å². The minimum absolute atomic E-state index is 0.0468. The molecule has 0 unspecified atom stereocenters. The van der Waals surface area contributed by atoms with Gasteiger partial charge in [0.05, 0.1) is 6.04 Å². The number of likely N-dealkylation sites (N-methyl/N-ethyl adjacent to an activating group) is 1. The molecule has 0 aliphatic heterocycles. The lowest BCUT2D eigenvalue weighted by molar-refractivity contribution is -0.134. The van der Waals surface area contributed by atoms with E-state index >= 15 is 0 Å². The van der Waals surface area contributed by atoms with Crippen LogP contribution in [0.2, 0.25) is 0 Å². The van der Waals surface area contributed by atoms with E-state index in [4.69, 9.17) is 10.5 Å². The fourth-order valence-electron chi connectivity index (χ4n) is 1.81. The van der Waals surface area contributed by atoms with Gasteiger partial charge in [-0.1, -0.05) is 45.6 Å². The number of carbonyl (C=O) groups is 1. The van der Waals surface area contributed by atoms with E-state index in [0.717, 1.165) is 11.3 Å². The Bertz CT molecular complexity index is 475. The van der Waals surface area contributed by atoms with Crippen LogP contribution >= 0.6 is 0 Å². The maximum absolute atomic E-state index is 12.3. The molecular weight excluding hydrogens is 264 g/mol. The molecule has 1 aromatic rings. The highest BCUT2D eigenvalue weighted by molar-refractivity contribution is 5.82. The largest absolute Gasteiger partial charge is 0.490 e. The van der Waals surface area contributed by atoms with Crippen molar-refractivity contribution in [3.8, 4) is 5.75 Å². The zero-order valence-electron chi connectivity index (χ0n) is 13.4. The number of rotatable bonds is 6. The number of nitrogens with zero attached hydrogens (tertiary/aromatic N) is 1. The Morgan fingerprint density at radius 2 is 1.95 bits per heavy atom. The average molecular weight is 290 g/mol. The molecule has 0 saturated heterocycles. The maximum Gasteiger partial charge on any atom is 0.240 e. The molecule has 0 fully saturated rings. The zero-order chi connectivity index (χ0) is 16.0. The van der Waals surface area contributed by atoms with E-state index in [-0.39, 0.29) is 11.3 Å². The molecule has 21 heavy (non-hydrogen) atoms. The van der Waals surface area contributed by atoms with Gasteiger partial charge in [-0.05, 0) is 23.1 Å². The normalized spacial score (nSPS) is 12.6. The van der Waals surface area contributed by atoms with Gasteiger partial charge in [0.15, 0.2) is 0 Å². The Morgan fingerprint density at radius 1 is 1.38 bits per heavy atom. The van der Waals surface area contributed by atoms with Crippen LogP contribution in [-0.2, 0) is 11.3 Å². The van der Waals surface area contributed by atoms with Gasteiger partial charge in [-0.2, -0.15) is 0 Å². The molecule has 4 nitrogen and oxygen atoms in total. The van der Waals surface area contributed by atoms with Crippen molar-refractivity contribution in [3.05, 3.63) is 42.5 Å². The van der Waals surface area contributed by atoms with Gasteiger partial charge in [0.2, 0.25) is 5.91 Å². The quantitative estimate of drug-likeness (QED) is 0.819. The van der Waals surface area contributed by atoms with Crippen molar-refractivity contribution in [1.82, 2.24) is 4.90 Å². The van der Waals surface area contributed by atoms with Crippen LogP contribution in [0.5, 0.6) is 5.75 Å². The van der Waals surface area contributed by atoms with Crippen molar-refractivity contribution >= 4 is 5.91 Å². The van der Waals surface area contributed by atoms with E-state index in [0.29, 0.717) is 13.2 Å². The maximum atomic E-state index is 12.3. The third-order valence-electron chi connectivity index (χ3n) is 3.29. The summed E-state index contributed by atoms with van der Waals surface area (Å²) in [5, 5.41) is 0. The lowest BCUT2D eigenvalue weighted by atomic mass is 9.86. The van der Waals surface area contributed by atoms with Crippen molar-refractivity contribution in [2.24, 2.45) is 11.1 Å². The Balaban J connectivity index is 2.64. The van der Waals surface area contributed by atoms with Gasteiger partial charge in [0.1, 0.15) is 12.4 Å². The first-order valence-electron chi connectivity index (χ1n) is 7.09. The number of carbonyl (C=O) groups excluding carboxylic acids is 1. The molecule has 1 aromatic carbocycles. The van der Waals surface area contributed by atoms with Crippen LogP contribution < -0.4 is 10.5 Å². The van der Waals surface area contributed by atoms with Crippen LogP contribution in [-0.4, -0.2) is 30.5 Å². The van der Waals surface area contributed by atoms with Gasteiger partial charge >= 0.3 is 0 Å². The molecule has 0 aliphatic rings. The van der Waals surface area contributed by atoms with Crippen LogP contribution in [0.1, 0.15) is 26.3 Å². The molecule has 0 aliphatic carbocycles. The Morgan fingerprint density at radius 3 is 2.43 bits per heavy atom. The highest BCUT2D eigenvalue weighted by Crippen LogP contribution is 2.20. The summed E-state index contributed by atoms with van der Waals surface area (Å²) in [7, 11) is 1.77. The summed E-state index contributed by atoms with van der Waals surface area (Å²) >= 11 is 0. The lowest BCUT2D eigenvalue weighted by Crippen LogP contribution is -2.48. The molecule has 0 bridgehead atoms. The number of hydrogen-bond donors (Lipinski definition) is 1. The first kappa shape index (κ1) is 17.2. The monoisotopic (exact) mass is 290 g/mol. The van der Waals surface area contributed by atoms with E-state index < -0.39 is 6.04 Å². The Hall–Kier alpha value is -1.81. The molecule has 1 amide bonds. The number of hydrogen-bond acceptors (Lipinski definition) is 3. The van der Waals surface area contributed by atoms with Gasteiger partial charge in [-0.25, -0.2) is 0 Å². The van der Waals surface area contributed by atoms with Crippen molar-refractivity contribution in [1.29, 1.82) is 0 Å². The molecule has 0 radical (unpaired) electrons. The van der Waals surface area contributed by atoms with E-state index in [9.17, 15) is 4.79 Å². The standard InChI is InChI=1S/C17H26N2O2/c1-6-11-21-14-9-7-13(8-10-14)12-19(5)16(20)15(18)17(2,3)4/h6-10,15H,1,11-12,18H2,2-5H3/t15-/m0/s1. The van der Waals surface area contributed by atoms with Crippen molar-refractivity contribution < 1.29 is 9.53 Å². The van der Waals surface area contributed by atoms with Crippen molar-refractivity contribution in [3.63, 3.8) is 0 Å². The molecule has 0 aromatic heterocycles. The first-order chi connectivity index (χ1) is 9.75. The molecule has 1 atom stereocenters. The van der Waals surface area contributed by atoms with E-state index in [2.05, 4.69) is 6.58 Å². The predicted octanol–water partition coefficient (Wildman–Crippen LogP) is 2.58. The van der Waals surface area contributed by atoms with Gasteiger partial charge < -0.3 is 15.4 Å². The fourth-order valence-corrected chi connectivity index (χ4v) is 1.81. The van der Waals surface area contributed by atoms with Gasteiger partial charge in [-0.3, -0.25) is 4.79 Å². The zero-order valence-corrected chi connectivity index (χ0v) is 13.4. The smallest absolute Gasteiger partial charge is 0.240 e. The summed E-state index contributed by atoms with van der Waals surface area (Å²) in [5.74, 6) is 0.744. The Kier molecular flexibility index (Phi) is 5.97. The van der Waals surface area contributed by atoms with E-state index in [1.807, 2.05) is 45.0 Å². The number of ether oxygens (including phenoxy) is 1. The van der Waals surface area contributed by atoms with Gasteiger partial charge in [0, 0.05) is 13.6 Å². The van der Waals surface area contributed by atoms with Crippen LogP contribution in [0.15, 0.2) is 36.9 Å². The number of amides is 1. The first-order valence-corrected chi connectivity index (χ1v) is 7.09. The molecule has 2 N–H and O–H groups in total. The van der Waals surface area contributed by atoms with Crippen molar-refractivity contribution in [2.75, 3.05) is 13.7 Å². The molecule has 116 valence electrons. The average Bonchev–Trinajstić information content (AvgIpc) is 2.43. The lowest BCUT2D eigenvalue weighted by Gasteiger charge is -2.30. The molecule has 4 heteroatoms. The second kappa shape index (κ2) is 7.27. The third kappa shape index (κ3) is 5.23. The predicted molar refractivity (Wildman–Crippen MR) is 86.0 cm³/mol. The molecule has 0 heterocycles. The van der Waals surface area contributed by atoms with E-state index in [1.165, 1.54) is 0 Å². The fraction of sp³-hybridized carbons (Fsp3) is 0.471. The van der Waals surface area contributed by atoms with Gasteiger partial charge in [-0.15, -0.1) is 0 Å². The summed E-state index contributed by atoms with van der Waals surface area (Å²) in [6, 6.07) is 7.18. The summed E-state index contributed by atoms with van der Waals surface area (Å²) < 4.78 is 5.43. The second-order valence-corrected chi connectivity index (χ2v) is 6.28.